The number of nitrogens with zero attached hydrogens (tertiary/aromatic N) is 1. The molecule has 3 heteroatoms. The average molecular weight is 223 g/mol. The van der Waals surface area contributed by atoms with Gasteiger partial charge in [-0.3, -0.25) is 0 Å². The van der Waals surface area contributed by atoms with Crippen molar-refractivity contribution < 1.29 is 9.50 Å². The monoisotopic (exact) mass is 223 g/mol. The van der Waals surface area contributed by atoms with Gasteiger partial charge in [0.2, 0.25) is 0 Å². The molecule has 1 saturated carbocycles. The molecule has 16 heavy (non-hydrogen) atoms. The minimum absolute atomic E-state index is 0.321. The van der Waals surface area contributed by atoms with Crippen LogP contribution in [0.25, 0.3) is 0 Å². The van der Waals surface area contributed by atoms with Gasteiger partial charge in [-0.05, 0) is 38.3 Å². The number of halogens is 1. The van der Waals surface area contributed by atoms with Crippen molar-refractivity contribution in [2.75, 3.05) is 11.9 Å². The summed E-state index contributed by atoms with van der Waals surface area (Å²) in [5, 5.41) is 9.64. The summed E-state index contributed by atoms with van der Waals surface area (Å²) in [4.78, 5) is 2.09. The lowest BCUT2D eigenvalue weighted by atomic mass is 9.91. The summed E-state index contributed by atoms with van der Waals surface area (Å²) in [6.07, 6.45) is 2.80. The third kappa shape index (κ3) is 1.92. The second kappa shape index (κ2) is 4.42. The van der Waals surface area contributed by atoms with Crippen molar-refractivity contribution in [1.82, 2.24) is 0 Å². The van der Waals surface area contributed by atoms with Crippen molar-refractivity contribution in [2.45, 2.75) is 38.3 Å². The fraction of sp³-hybridized carbons (Fsp3) is 0.538. The number of rotatable bonds is 3. The van der Waals surface area contributed by atoms with E-state index in [1.807, 2.05) is 13.1 Å². The van der Waals surface area contributed by atoms with Crippen molar-refractivity contribution >= 4 is 5.69 Å². The molecule has 0 unspecified atom stereocenters. The van der Waals surface area contributed by atoms with Crippen LogP contribution in [-0.2, 0) is 0 Å². The predicted octanol–water partition coefficient (Wildman–Crippen LogP) is 2.87. The fourth-order valence-electron chi connectivity index (χ4n) is 2.22. The van der Waals surface area contributed by atoms with Gasteiger partial charge in [0.05, 0.1) is 6.10 Å². The first-order chi connectivity index (χ1) is 7.61. The zero-order chi connectivity index (χ0) is 11.7. The maximum atomic E-state index is 13.7. The molecular formula is C13H18FNO. The van der Waals surface area contributed by atoms with Crippen LogP contribution in [0, 0.1) is 5.82 Å². The van der Waals surface area contributed by atoms with E-state index in [9.17, 15) is 9.50 Å². The zero-order valence-electron chi connectivity index (χ0n) is 9.78. The normalized spacial score (nSPS) is 18.0. The molecule has 1 aromatic carbocycles. The van der Waals surface area contributed by atoms with E-state index in [1.165, 1.54) is 12.5 Å². The third-order valence-corrected chi connectivity index (χ3v) is 3.45. The molecule has 0 saturated heterocycles. The Bertz CT molecular complexity index is 374. The van der Waals surface area contributed by atoms with Crippen molar-refractivity contribution in [2.24, 2.45) is 0 Å². The van der Waals surface area contributed by atoms with E-state index >= 15 is 0 Å². The molecule has 1 N–H and O–H groups in total. The second-order valence-corrected chi connectivity index (χ2v) is 4.54. The minimum atomic E-state index is -0.765. The SMILES string of the molecule is C[C@@H](O)c1c(F)cccc1N(C)C1CCC1. The van der Waals surface area contributed by atoms with E-state index in [1.54, 1.807) is 13.0 Å². The van der Waals surface area contributed by atoms with Crippen LogP contribution >= 0.6 is 0 Å². The molecule has 1 fully saturated rings. The fourth-order valence-corrected chi connectivity index (χ4v) is 2.22. The third-order valence-electron chi connectivity index (χ3n) is 3.45. The summed E-state index contributed by atoms with van der Waals surface area (Å²) >= 11 is 0. The van der Waals surface area contributed by atoms with E-state index < -0.39 is 6.10 Å². The van der Waals surface area contributed by atoms with Gasteiger partial charge in [-0.2, -0.15) is 0 Å². The predicted molar refractivity (Wildman–Crippen MR) is 63.1 cm³/mol. The highest BCUT2D eigenvalue weighted by atomic mass is 19.1. The van der Waals surface area contributed by atoms with Crippen LogP contribution in [0.3, 0.4) is 0 Å². The van der Waals surface area contributed by atoms with E-state index in [0.29, 0.717) is 11.6 Å². The highest BCUT2D eigenvalue weighted by Gasteiger charge is 2.25. The number of aliphatic hydroxyl groups excluding tert-OH is 1. The van der Waals surface area contributed by atoms with Gasteiger partial charge in [-0.25, -0.2) is 4.39 Å². The van der Waals surface area contributed by atoms with E-state index in [-0.39, 0.29) is 5.82 Å². The molecule has 1 aliphatic rings. The Morgan fingerprint density at radius 2 is 2.12 bits per heavy atom. The van der Waals surface area contributed by atoms with Crippen molar-refractivity contribution in [1.29, 1.82) is 0 Å². The van der Waals surface area contributed by atoms with Gasteiger partial charge in [-0.1, -0.05) is 6.07 Å². The van der Waals surface area contributed by atoms with E-state index in [4.69, 9.17) is 0 Å². The Labute approximate surface area is 95.7 Å². The molecule has 1 aliphatic carbocycles. The van der Waals surface area contributed by atoms with Crippen LogP contribution in [0.1, 0.15) is 37.9 Å². The second-order valence-electron chi connectivity index (χ2n) is 4.54. The molecule has 1 atom stereocenters. The maximum absolute atomic E-state index is 13.7. The molecule has 0 aromatic heterocycles. The van der Waals surface area contributed by atoms with Crippen LogP contribution in [-0.4, -0.2) is 18.2 Å². The topological polar surface area (TPSA) is 23.5 Å². The Morgan fingerprint density at radius 3 is 2.62 bits per heavy atom. The molecule has 0 radical (unpaired) electrons. The Hall–Kier alpha value is -1.09. The maximum Gasteiger partial charge on any atom is 0.131 e. The Kier molecular flexibility index (Phi) is 3.15. The zero-order valence-corrected chi connectivity index (χ0v) is 9.78. The molecule has 2 rings (SSSR count). The summed E-state index contributed by atoms with van der Waals surface area (Å²) in [5.74, 6) is -0.321. The summed E-state index contributed by atoms with van der Waals surface area (Å²) in [6, 6.07) is 5.48. The van der Waals surface area contributed by atoms with Crippen LogP contribution in [0.2, 0.25) is 0 Å². The van der Waals surface area contributed by atoms with Gasteiger partial charge in [-0.15, -0.1) is 0 Å². The minimum Gasteiger partial charge on any atom is -0.389 e. The summed E-state index contributed by atoms with van der Waals surface area (Å²) in [6.45, 7) is 1.61. The van der Waals surface area contributed by atoms with Gasteiger partial charge in [0.15, 0.2) is 0 Å². The van der Waals surface area contributed by atoms with Crippen molar-refractivity contribution in [3.05, 3.63) is 29.6 Å². The van der Waals surface area contributed by atoms with Crippen molar-refractivity contribution in [3.8, 4) is 0 Å². The van der Waals surface area contributed by atoms with Crippen LogP contribution in [0.4, 0.5) is 10.1 Å². The molecule has 0 spiro atoms. The number of hydrogen-bond donors (Lipinski definition) is 1. The Balaban J connectivity index is 2.34. The van der Waals surface area contributed by atoms with Gasteiger partial charge < -0.3 is 10.0 Å². The number of benzene rings is 1. The average Bonchev–Trinajstić information content (AvgIpc) is 2.13. The standard InChI is InChI=1S/C13H18FNO/c1-9(16)13-11(14)7-4-8-12(13)15(2)10-5-3-6-10/h4,7-10,16H,3,5-6H2,1-2H3/t9-/m1/s1. The first kappa shape index (κ1) is 11.4. The Morgan fingerprint density at radius 1 is 1.44 bits per heavy atom. The number of anilines is 1. The van der Waals surface area contributed by atoms with E-state index in [2.05, 4.69) is 4.90 Å². The smallest absolute Gasteiger partial charge is 0.131 e. The highest BCUT2D eigenvalue weighted by Crippen LogP contribution is 2.33. The quantitative estimate of drug-likeness (QED) is 0.851. The van der Waals surface area contributed by atoms with E-state index in [0.717, 1.165) is 18.5 Å². The lowest BCUT2D eigenvalue weighted by molar-refractivity contribution is 0.194. The highest BCUT2D eigenvalue weighted by molar-refractivity contribution is 5.55. The van der Waals surface area contributed by atoms with Crippen molar-refractivity contribution in [3.63, 3.8) is 0 Å². The number of aliphatic hydroxyl groups is 1. The molecular weight excluding hydrogens is 205 g/mol. The van der Waals surface area contributed by atoms with Gasteiger partial charge >= 0.3 is 0 Å². The molecule has 0 bridgehead atoms. The van der Waals surface area contributed by atoms with Crippen LogP contribution in [0.5, 0.6) is 0 Å². The van der Waals surface area contributed by atoms with Gasteiger partial charge in [0.25, 0.3) is 0 Å². The molecule has 1 aromatic rings. The summed E-state index contributed by atoms with van der Waals surface area (Å²) < 4.78 is 13.7. The first-order valence-corrected chi connectivity index (χ1v) is 5.80. The lowest BCUT2D eigenvalue weighted by Gasteiger charge is -2.37. The van der Waals surface area contributed by atoms with Gasteiger partial charge in [0, 0.05) is 24.3 Å². The number of hydrogen-bond acceptors (Lipinski definition) is 2. The first-order valence-electron chi connectivity index (χ1n) is 5.80. The van der Waals surface area contributed by atoms with Gasteiger partial charge in [0.1, 0.15) is 5.82 Å². The van der Waals surface area contributed by atoms with Crippen LogP contribution in [0.15, 0.2) is 18.2 Å². The molecule has 2 nitrogen and oxygen atoms in total. The largest absolute Gasteiger partial charge is 0.389 e. The summed E-state index contributed by atoms with van der Waals surface area (Å²) in [7, 11) is 1.98. The molecule has 0 heterocycles. The molecule has 0 amide bonds. The molecule has 0 aliphatic heterocycles. The summed E-state index contributed by atoms with van der Waals surface area (Å²) in [5.41, 5.74) is 1.23. The lowest BCUT2D eigenvalue weighted by Crippen LogP contribution is -2.37. The van der Waals surface area contributed by atoms with Crippen LogP contribution < -0.4 is 4.90 Å². The molecule has 88 valence electrons.